The Labute approximate surface area is 169 Å². The fourth-order valence-electron chi connectivity index (χ4n) is 4.80. The number of hydrogen-bond donors (Lipinski definition) is 1. The van der Waals surface area contributed by atoms with E-state index in [4.69, 9.17) is 0 Å². The number of carbonyl (C=O) groups is 4. The summed E-state index contributed by atoms with van der Waals surface area (Å²) in [6, 6.07) is 6.57. The number of likely N-dealkylation sites (tertiary alicyclic amines) is 2. The van der Waals surface area contributed by atoms with Gasteiger partial charge in [-0.3, -0.25) is 19.3 Å². The average molecular weight is 399 g/mol. The highest BCUT2D eigenvalue weighted by Crippen LogP contribution is 2.56. The van der Waals surface area contributed by atoms with Crippen LogP contribution in [0.4, 0.5) is 5.69 Å². The first-order chi connectivity index (χ1) is 13.6. The number of imide groups is 1. The molecule has 3 fully saturated rings. The minimum atomic E-state index is -1.77. The highest BCUT2D eigenvalue weighted by atomic mass is 16.4. The minimum Gasteiger partial charge on any atom is -0.479 e. The molecule has 0 bridgehead atoms. The summed E-state index contributed by atoms with van der Waals surface area (Å²) in [5.74, 6) is -4.75. The summed E-state index contributed by atoms with van der Waals surface area (Å²) in [6.45, 7) is 1.41. The summed E-state index contributed by atoms with van der Waals surface area (Å²) in [5.41, 5.74) is -0.163. The second kappa shape index (κ2) is 6.30. The Balaban J connectivity index is 1.89. The second-order valence-corrected chi connectivity index (χ2v) is 8.60. The van der Waals surface area contributed by atoms with E-state index in [1.165, 1.54) is 18.9 Å². The molecule has 4 atom stereocenters. The van der Waals surface area contributed by atoms with Gasteiger partial charge in [0.25, 0.3) is 0 Å². The predicted octanol–water partition coefficient (Wildman–Crippen LogP) is 1.12. The van der Waals surface area contributed by atoms with E-state index in [0.717, 1.165) is 10.6 Å². The number of anilines is 1. The van der Waals surface area contributed by atoms with Gasteiger partial charge in [-0.05, 0) is 37.5 Å². The summed E-state index contributed by atoms with van der Waals surface area (Å²) >= 11 is 0. The summed E-state index contributed by atoms with van der Waals surface area (Å²) in [6.07, 6.45) is 1.41. The van der Waals surface area contributed by atoms with E-state index in [-0.39, 0.29) is 11.8 Å². The second-order valence-electron chi connectivity index (χ2n) is 8.60. The molecule has 2 heterocycles. The van der Waals surface area contributed by atoms with Crippen molar-refractivity contribution < 1.29 is 24.3 Å². The monoisotopic (exact) mass is 399 g/mol. The van der Waals surface area contributed by atoms with Crippen LogP contribution in [0.3, 0.4) is 0 Å². The number of nitrogens with zero attached hydrogens (tertiary/aromatic N) is 3. The Hall–Kier alpha value is -2.90. The molecule has 2 aliphatic heterocycles. The molecule has 1 aliphatic carbocycles. The first-order valence-electron chi connectivity index (χ1n) is 9.76. The fourth-order valence-corrected chi connectivity index (χ4v) is 4.80. The van der Waals surface area contributed by atoms with Crippen LogP contribution in [0, 0.1) is 17.8 Å². The summed E-state index contributed by atoms with van der Waals surface area (Å²) in [4.78, 5) is 55.8. The third kappa shape index (κ3) is 2.58. The van der Waals surface area contributed by atoms with E-state index < -0.39 is 41.2 Å². The van der Waals surface area contributed by atoms with Crippen LogP contribution in [0.25, 0.3) is 0 Å². The van der Waals surface area contributed by atoms with Crippen molar-refractivity contribution in [3.63, 3.8) is 0 Å². The van der Waals surface area contributed by atoms with Gasteiger partial charge >= 0.3 is 5.97 Å². The maximum Gasteiger partial charge on any atom is 0.330 e. The smallest absolute Gasteiger partial charge is 0.330 e. The molecule has 1 saturated carbocycles. The van der Waals surface area contributed by atoms with Gasteiger partial charge in [-0.25, -0.2) is 4.79 Å². The van der Waals surface area contributed by atoms with Gasteiger partial charge in [0.05, 0.1) is 17.9 Å². The largest absolute Gasteiger partial charge is 0.479 e. The Morgan fingerprint density at radius 2 is 1.69 bits per heavy atom. The number of carbonyl (C=O) groups excluding carboxylic acids is 3. The molecular weight excluding hydrogens is 374 g/mol. The molecule has 8 nitrogen and oxygen atoms in total. The van der Waals surface area contributed by atoms with E-state index >= 15 is 0 Å². The lowest BCUT2D eigenvalue weighted by Gasteiger charge is -2.38. The number of fused-ring (bicyclic) bond motifs is 1. The molecule has 4 rings (SSSR count). The van der Waals surface area contributed by atoms with Crippen LogP contribution in [0.5, 0.6) is 0 Å². The standard InChI is InChI=1S/C21H25N3O5/c1-21(20(28)29)15-14(18(26)23(4)19(15)27)16(24(21)17(25)12-5-6-12)11-7-9-13(10-8-11)22(2)3/h7-10,12,14-16H,5-6H2,1-4H3,(H,28,29). The van der Waals surface area contributed by atoms with Crippen molar-refractivity contribution in [2.24, 2.45) is 17.8 Å². The summed E-state index contributed by atoms with van der Waals surface area (Å²) in [5, 5.41) is 10.1. The number of carboxylic acid groups (broad SMARTS) is 1. The van der Waals surface area contributed by atoms with E-state index in [9.17, 15) is 24.3 Å². The zero-order valence-corrected chi connectivity index (χ0v) is 17.0. The molecule has 0 radical (unpaired) electrons. The minimum absolute atomic E-state index is 0.237. The third-order valence-electron chi connectivity index (χ3n) is 6.64. The normalized spacial score (nSPS) is 31.2. The van der Waals surface area contributed by atoms with E-state index in [2.05, 4.69) is 0 Å². The van der Waals surface area contributed by atoms with Crippen LogP contribution in [-0.2, 0) is 19.2 Å². The lowest BCUT2D eigenvalue weighted by Crippen LogP contribution is -2.57. The maximum atomic E-state index is 13.2. The maximum absolute atomic E-state index is 13.2. The molecule has 8 heteroatoms. The van der Waals surface area contributed by atoms with Gasteiger partial charge < -0.3 is 14.9 Å². The van der Waals surface area contributed by atoms with Crippen molar-refractivity contribution in [3.05, 3.63) is 29.8 Å². The summed E-state index contributed by atoms with van der Waals surface area (Å²) in [7, 11) is 5.18. The highest BCUT2D eigenvalue weighted by molar-refractivity contribution is 6.10. The highest BCUT2D eigenvalue weighted by Gasteiger charge is 2.71. The molecule has 4 unspecified atom stereocenters. The van der Waals surface area contributed by atoms with Crippen molar-refractivity contribution in [2.45, 2.75) is 31.3 Å². The molecule has 3 amide bonds. The van der Waals surface area contributed by atoms with Gasteiger partial charge in [0.1, 0.15) is 0 Å². The van der Waals surface area contributed by atoms with E-state index in [1.807, 2.05) is 43.3 Å². The zero-order chi connectivity index (χ0) is 21.2. The number of aliphatic carboxylic acids is 1. The number of amides is 3. The van der Waals surface area contributed by atoms with Crippen LogP contribution in [-0.4, -0.2) is 65.3 Å². The first-order valence-corrected chi connectivity index (χ1v) is 9.76. The van der Waals surface area contributed by atoms with E-state index in [0.29, 0.717) is 18.4 Å². The molecule has 29 heavy (non-hydrogen) atoms. The van der Waals surface area contributed by atoms with Gasteiger partial charge in [-0.1, -0.05) is 12.1 Å². The molecule has 2 saturated heterocycles. The van der Waals surface area contributed by atoms with Crippen LogP contribution in [0.2, 0.25) is 0 Å². The number of carboxylic acids is 1. The molecule has 3 aliphatic rings. The van der Waals surface area contributed by atoms with Gasteiger partial charge in [-0.15, -0.1) is 0 Å². The van der Waals surface area contributed by atoms with Crippen molar-refractivity contribution >= 4 is 29.4 Å². The SMILES string of the molecule is CN1C(=O)C2C(c3ccc(N(C)C)cc3)N(C(=O)C3CC3)C(C)(C(=O)O)C2C1=O. The van der Waals surface area contributed by atoms with Crippen molar-refractivity contribution in [1.29, 1.82) is 0 Å². The molecule has 0 spiro atoms. The molecule has 154 valence electrons. The third-order valence-corrected chi connectivity index (χ3v) is 6.64. The summed E-state index contributed by atoms with van der Waals surface area (Å²) < 4.78 is 0. The van der Waals surface area contributed by atoms with Gasteiger partial charge in [-0.2, -0.15) is 0 Å². The Bertz CT molecular complexity index is 907. The lowest BCUT2D eigenvalue weighted by atomic mass is 9.80. The van der Waals surface area contributed by atoms with Gasteiger partial charge in [0, 0.05) is 32.7 Å². The molecule has 1 aromatic carbocycles. The fraction of sp³-hybridized carbons (Fsp3) is 0.524. The van der Waals surface area contributed by atoms with Crippen LogP contribution in [0.15, 0.2) is 24.3 Å². The Kier molecular flexibility index (Phi) is 4.22. The van der Waals surface area contributed by atoms with Crippen LogP contribution < -0.4 is 4.90 Å². The van der Waals surface area contributed by atoms with Crippen molar-refractivity contribution in [3.8, 4) is 0 Å². The van der Waals surface area contributed by atoms with Gasteiger partial charge in [0.15, 0.2) is 5.54 Å². The molecule has 1 aromatic rings. The Morgan fingerprint density at radius 3 is 2.17 bits per heavy atom. The van der Waals surface area contributed by atoms with Crippen LogP contribution in [0.1, 0.15) is 31.4 Å². The molecular formula is C21H25N3O5. The van der Waals surface area contributed by atoms with Gasteiger partial charge in [0.2, 0.25) is 17.7 Å². The quantitative estimate of drug-likeness (QED) is 0.762. The predicted molar refractivity (Wildman–Crippen MR) is 104 cm³/mol. The molecule has 0 aromatic heterocycles. The lowest BCUT2D eigenvalue weighted by molar-refractivity contribution is -0.163. The number of hydrogen-bond acceptors (Lipinski definition) is 5. The van der Waals surface area contributed by atoms with Crippen molar-refractivity contribution in [2.75, 3.05) is 26.0 Å². The van der Waals surface area contributed by atoms with Crippen molar-refractivity contribution in [1.82, 2.24) is 9.80 Å². The average Bonchev–Trinajstić information content (AvgIpc) is 3.46. The first kappa shape index (κ1) is 19.4. The number of benzene rings is 1. The topological polar surface area (TPSA) is 98.2 Å². The molecule has 1 N–H and O–H groups in total. The van der Waals surface area contributed by atoms with Crippen LogP contribution >= 0.6 is 0 Å². The van der Waals surface area contributed by atoms with E-state index in [1.54, 1.807) is 0 Å². The zero-order valence-electron chi connectivity index (χ0n) is 17.0. The Morgan fingerprint density at radius 1 is 1.10 bits per heavy atom. The number of rotatable bonds is 4.